The Hall–Kier alpha value is -2.82. The van der Waals surface area contributed by atoms with E-state index in [2.05, 4.69) is 5.32 Å². The quantitative estimate of drug-likeness (QED) is 0.735. The van der Waals surface area contributed by atoms with Crippen LogP contribution in [-0.4, -0.2) is 30.1 Å². The molecule has 0 aliphatic heterocycles. The Labute approximate surface area is 147 Å². The average molecular weight is 341 g/mol. The van der Waals surface area contributed by atoms with Gasteiger partial charge in [0.05, 0.1) is 5.92 Å². The molecule has 0 spiro atoms. The number of carboxylic acids is 1. The molecule has 2 aromatic carbocycles. The van der Waals surface area contributed by atoms with Crippen molar-refractivity contribution in [1.82, 2.24) is 5.32 Å². The first-order valence-electron chi connectivity index (χ1n) is 8.36. The minimum Gasteiger partial charge on any atom is -0.482 e. The predicted molar refractivity (Wildman–Crippen MR) is 95.8 cm³/mol. The highest BCUT2D eigenvalue weighted by Crippen LogP contribution is 2.19. The zero-order valence-electron chi connectivity index (χ0n) is 14.3. The van der Waals surface area contributed by atoms with Gasteiger partial charge >= 0.3 is 5.97 Å². The van der Waals surface area contributed by atoms with Crippen molar-refractivity contribution in [1.29, 1.82) is 0 Å². The number of carboxylic acid groups (broad SMARTS) is 1. The third kappa shape index (κ3) is 5.95. The molecule has 0 bridgehead atoms. The van der Waals surface area contributed by atoms with Crippen molar-refractivity contribution in [2.24, 2.45) is 0 Å². The van der Waals surface area contributed by atoms with Gasteiger partial charge in [-0.05, 0) is 36.1 Å². The molecular weight excluding hydrogens is 318 g/mol. The molecule has 5 nitrogen and oxygen atoms in total. The number of nitrogens with one attached hydrogen (secondary N) is 1. The van der Waals surface area contributed by atoms with Crippen molar-refractivity contribution < 1.29 is 19.4 Å². The summed E-state index contributed by atoms with van der Waals surface area (Å²) < 4.78 is 5.09. The molecule has 0 aliphatic carbocycles. The lowest BCUT2D eigenvalue weighted by Crippen LogP contribution is -2.30. The third-order valence-corrected chi connectivity index (χ3v) is 3.93. The van der Waals surface area contributed by atoms with E-state index in [-0.39, 0.29) is 18.4 Å². The van der Waals surface area contributed by atoms with Crippen LogP contribution >= 0.6 is 0 Å². The first-order chi connectivity index (χ1) is 12.1. The van der Waals surface area contributed by atoms with E-state index in [0.717, 1.165) is 17.5 Å². The summed E-state index contributed by atoms with van der Waals surface area (Å²) in [6, 6.07) is 17.0. The maximum absolute atomic E-state index is 12.4. The molecule has 25 heavy (non-hydrogen) atoms. The van der Waals surface area contributed by atoms with Gasteiger partial charge < -0.3 is 15.2 Å². The van der Waals surface area contributed by atoms with Crippen LogP contribution in [0.5, 0.6) is 5.75 Å². The number of hydrogen-bond acceptors (Lipinski definition) is 3. The Kier molecular flexibility index (Phi) is 7.01. The Morgan fingerprint density at radius 1 is 1.08 bits per heavy atom. The molecular formula is C20H23NO4. The molecule has 0 saturated carbocycles. The molecule has 5 heteroatoms. The smallest absolute Gasteiger partial charge is 0.341 e. The van der Waals surface area contributed by atoms with Gasteiger partial charge in [-0.25, -0.2) is 4.79 Å². The molecule has 0 radical (unpaired) electrons. The molecule has 2 rings (SSSR count). The van der Waals surface area contributed by atoms with E-state index >= 15 is 0 Å². The summed E-state index contributed by atoms with van der Waals surface area (Å²) in [5, 5.41) is 11.6. The number of amides is 1. The molecule has 2 N–H and O–H groups in total. The average Bonchev–Trinajstić information content (AvgIpc) is 2.62. The fraction of sp³-hybridized carbons (Fsp3) is 0.300. The molecule has 0 fully saturated rings. The molecule has 0 aromatic heterocycles. The molecule has 132 valence electrons. The van der Waals surface area contributed by atoms with Crippen LogP contribution in [0.4, 0.5) is 0 Å². The fourth-order valence-electron chi connectivity index (χ4n) is 2.61. The maximum atomic E-state index is 12.4. The van der Waals surface area contributed by atoms with Gasteiger partial charge in [0, 0.05) is 6.54 Å². The summed E-state index contributed by atoms with van der Waals surface area (Å²) >= 11 is 0. The topological polar surface area (TPSA) is 75.6 Å². The number of rotatable bonds is 9. The van der Waals surface area contributed by atoms with Crippen LogP contribution < -0.4 is 10.1 Å². The van der Waals surface area contributed by atoms with Crippen LogP contribution in [0.15, 0.2) is 54.6 Å². The summed E-state index contributed by atoms with van der Waals surface area (Å²) in [5.74, 6) is -0.580. The Balaban J connectivity index is 1.81. The van der Waals surface area contributed by atoms with Gasteiger partial charge in [0.1, 0.15) is 5.75 Å². The van der Waals surface area contributed by atoms with E-state index in [0.29, 0.717) is 18.7 Å². The highest BCUT2D eigenvalue weighted by Gasteiger charge is 2.17. The zero-order chi connectivity index (χ0) is 18.1. The van der Waals surface area contributed by atoms with E-state index in [1.54, 1.807) is 12.1 Å². The van der Waals surface area contributed by atoms with Crippen LogP contribution in [0.1, 0.15) is 30.4 Å². The summed E-state index contributed by atoms with van der Waals surface area (Å²) in [7, 11) is 0. The van der Waals surface area contributed by atoms with E-state index in [1.165, 1.54) is 0 Å². The molecule has 1 atom stereocenters. The van der Waals surface area contributed by atoms with Gasteiger partial charge in [-0.2, -0.15) is 0 Å². The highest BCUT2D eigenvalue weighted by molar-refractivity contribution is 5.83. The predicted octanol–water partition coefficient (Wildman–Crippen LogP) is 3.00. The number of carbonyl (C=O) groups excluding carboxylic acids is 1. The molecule has 1 unspecified atom stereocenters. The van der Waals surface area contributed by atoms with Crippen LogP contribution in [0.2, 0.25) is 0 Å². The van der Waals surface area contributed by atoms with Crippen LogP contribution in [0.25, 0.3) is 0 Å². The lowest BCUT2D eigenvalue weighted by Gasteiger charge is -2.15. The Morgan fingerprint density at radius 2 is 1.76 bits per heavy atom. The minimum atomic E-state index is -1.00. The van der Waals surface area contributed by atoms with Crippen molar-refractivity contribution in [3.63, 3.8) is 0 Å². The van der Waals surface area contributed by atoms with Crippen molar-refractivity contribution in [3.8, 4) is 5.75 Å². The third-order valence-electron chi connectivity index (χ3n) is 3.93. The molecule has 0 aliphatic rings. The summed E-state index contributed by atoms with van der Waals surface area (Å²) in [4.78, 5) is 22.8. The van der Waals surface area contributed by atoms with Crippen molar-refractivity contribution >= 4 is 11.9 Å². The highest BCUT2D eigenvalue weighted by atomic mass is 16.5. The first-order valence-corrected chi connectivity index (χ1v) is 8.36. The van der Waals surface area contributed by atoms with Crippen molar-refractivity contribution in [2.75, 3.05) is 13.2 Å². The lowest BCUT2D eigenvalue weighted by molar-refractivity contribution is -0.139. The number of aliphatic carboxylic acids is 1. The van der Waals surface area contributed by atoms with Gasteiger partial charge in [0.25, 0.3) is 0 Å². The van der Waals surface area contributed by atoms with E-state index in [9.17, 15) is 9.59 Å². The van der Waals surface area contributed by atoms with Gasteiger partial charge in [-0.3, -0.25) is 4.79 Å². The molecule has 2 aromatic rings. The van der Waals surface area contributed by atoms with Gasteiger partial charge in [0.2, 0.25) is 5.91 Å². The van der Waals surface area contributed by atoms with Gasteiger partial charge in [-0.15, -0.1) is 0 Å². The van der Waals surface area contributed by atoms with Crippen LogP contribution in [-0.2, 0) is 16.0 Å². The molecule has 1 amide bonds. The zero-order valence-corrected chi connectivity index (χ0v) is 14.3. The monoisotopic (exact) mass is 341 g/mol. The van der Waals surface area contributed by atoms with E-state index in [4.69, 9.17) is 9.84 Å². The Bertz CT molecular complexity index is 683. The second-order valence-corrected chi connectivity index (χ2v) is 5.74. The minimum absolute atomic E-state index is 0.0371. The summed E-state index contributed by atoms with van der Waals surface area (Å²) in [6.45, 7) is 2.21. The number of hydrogen-bond donors (Lipinski definition) is 2. The lowest BCUT2D eigenvalue weighted by atomic mass is 9.95. The molecule has 0 heterocycles. The number of ether oxygens (including phenoxy) is 1. The number of benzene rings is 2. The van der Waals surface area contributed by atoms with Gasteiger partial charge in [-0.1, -0.05) is 49.4 Å². The van der Waals surface area contributed by atoms with Crippen LogP contribution in [0.3, 0.4) is 0 Å². The largest absolute Gasteiger partial charge is 0.482 e. The first kappa shape index (κ1) is 18.5. The standard InChI is InChI=1S/C20H23NO4/c1-2-18(16-6-4-3-5-7-16)20(24)21-13-12-15-8-10-17(11-9-15)25-14-19(22)23/h3-11,18H,2,12-14H2,1H3,(H,21,24)(H,22,23). The Morgan fingerprint density at radius 3 is 2.36 bits per heavy atom. The fourth-order valence-corrected chi connectivity index (χ4v) is 2.61. The number of carbonyl (C=O) groups is 2. The van der Waals surface area contributed by atoms with Gasteiger partial charge in [0.15, 0.2) is 6.61 Å². The normalized spacial score (nSPS) is 11.6. The maximum Gasteiger partial charge on any atom is 0.341 e. The van der Waals surface area contributed by atoms with E-state index < -0.39 is 5.97 Å². The second-order valence-electron chi connectivity index (χ2n) is 5.74. The second kappa shape index (κ2) is 9.47. The summed E-state index contributed by atoms with van der Waals surface area (Å²) in [5.41, 5.74) is 2.08. The van der Waals surface area contributed by atoms with Crippen molar-refractivity contribution in [3.05, 3.63) is 65.7 Å². The van der Waals surface area contributed by atoms with E-state index in [1.807, 2.05) is 49.4 Å². The SMILES string of the molecule is CCC(C(=O)NCCc1ccc(OCC(=O)O)cc1)c1ccccc1. The van der Waals surface area contributed by atoms with Crippen LogP contribution in [0, 0.1) is 0 Å². The summed E-state index contributed by atoms with van der Waals surface area (Å²) in [6.07, 6.45) is 1.46. The van der Waals surface area contributed by atoms with Crippen molar-refractivity contribution in [2.45, 2.75) is 25.7 Å². The molecule has 0 saturated heterocycles.